The summed E-state index contributed by atoms with van der Waals surface area (Å²) in [6, 6.07) is 11.4. The van der Waals surface area contributed by atoms with Crippen molar-refractivity contribution in [3.05, 3.63) is 58.6 Å². The lowest BCUT2D eigenvalue weighted by atomic mass is 9.95. The molecule has 0 aromatic heterocycles. The van der Waals surface area contributed by atoms with E-state index < -0.39 is 28.5 Å². The summed E-state index contributed by atoms with van der Waals surface area (Å²) in [7, 11) is -2.26. The Bertz CT molecular complexity index is 1200. The molecule has 0 spiro atoms. The minimum atomic E-state index is -3.83. The van der Waals surface area contributed by atoms with Gasteiger partial charge in [-0.05, 0) is 62.1 Å². The number of hydrogen-bond donors (Lipinski definition) is 1. The van der Waals surface area contributed by atoms with E-state index in [4.69, 9.17) is 16.3 Å². The molecule has 37 heavy (non-hydrogen) atoms. The van der Waals surface area contributed by atoms with Crippen molar-refractivity contribution in [2.45, 2.75) is 64.6 Å². The van der Waals surface area contributed by atoms with Gasteiger partial charge in [-0.25, -0.2) is 8.42 Å². The normalized spacial score (nSPS) is 15.1. The summed E-state index contributed by atoms with van der Waals surface area (Å²) in [6.45, 7) is 3.10. The lowest BCUT2D eigenvalue weighted by molar-refractivity contribution is -0.139. The van der Waals surface area contributed by atoms with Crippen molar-refractivity contribution in [1.29, 1.82) is 0 Å². The number of nitrogens with one attached hydrogen (secondary N) is 1. The lowest BCUT2D eigenvalue weighted by Crippen LogP contribution is -2.53. The zero-order valence-electron chi connectivity index (χ0n) is 21.9. The quantitative estimate of drug-likeness (QED) is 0.477. The fourth-order valence-corrected chi connectivity index (χ4v) is 5.59. The molecule has 202 valence electrons. The number of amides is 2. The number of benzene rings is 2. The van der Waals surface area contributed by atoms with Gasteiger partial charge in [0.1, 0.15) is 18.3 Å². The van der Waals surface area contributed by atoms with Crippen LogP contribution in [0.1, 0.15) is 50.2 Å². The summed E-state index contributed by atoms with van der Waals surface area (Å²) >= 11 is 6.15. The summed E-state index contributed by atoms with van der Waals surface area (Å²) in [5, 5.41) is 3.45. The second-order valence-corrected chi connectivity index (χ2v) is 11.9. The first-order chi connectivity index (χ1) is 17.5. The minimum absolute atomic E-state index is 0.0864. The van der Waals surface area contributed by atoms with E-state index >= 15 is 0 Å². The van der Waals surface area contributed by atoms with Gasteiger partial charge in [-0.1, -0.05) is 49.1 Å². The zero-order valence-corrected chi connectivity index (χ0v) is 23.4. The van der Waals surface area contributed by atoms with Gasteiger partial charge >= 0.3 is 0 Å². The van der Waals surface area contributed by atoms with Crippen molar-refractivity contribution in [1.82, 2.24) is 10.2 Å². The number of carbonyl (C=O) groups is 2. The highest BCUT2D eigenvalue weighted by Gasteiger charge is 2.31. The van der Waals surface area contributed by atoms with E-state index in [0.717, 1.165) is 48.2 Å². The highest BCUT2D eigenvalue weighted by molar-refractivity contribution is 7.92. The zero-order chi connectivity index (χ0) is 27.2. The molecule has 1 N–H and O–H groups in total. The first-order valence-electron chi connectivity index (χ1n) is 12.5. The van der Waals surface area contributed by atoms with Crippen LogP contribution < -0.4 is 14.4 Å². The Hall–Kier alpha value is -2.78. The molecular formula is C27H36ClN3O5S. The maximum Gasteiger partial charge on any atom is 0.244 e. The van der Waals surface area contributed by atoms with E-state index in [1.54, 1.807) is 45.2 Å². The van der Waals surface area contributed by atoms with E-state index in [1.807, 2.05) is 12.1 Å². The van der Waals surface area contributed by atoms with Crippen molar-refractivity contribution in [2.75, 3.05) is 24.2 Å². The van der Waals surface area contributed by atoms with Crippen LogP contribution in [0.4, 0.5) is 5.69 Å². The van der Waals surface area contributed by atoms with E-state index in [-0.39, 0.29) is 18.5 Å². The Labute approximate surface area is 225 Å². The summed E-state index contributed by atoms with van der Waals surface area (Å²) in [4.78, 5) is 28.4. The molecule has 1 saturated carbocycles. The smallest absolute Gasteiger partial charge is 0.244 e. The number of halogens is 1. The fourth-order valence-electron chi connectivity index (χ4n) is 4.52. The van der Waals surface area contributed by atoms with Gasteiger partial charge in [0, 0.05) is 17.6 Å². The van der Waals surface area contributed by atoms with Crippen LogP contribution >= 0.6 is 11.6 Å². The number of carbonyl (C=O) groups excluding carboxylic acids is 2. The minimum Gasteiger partial charge on any atom is -0.497 e. The summed E-state index contributed by atoms with van der Waals surface area (Å²) in [6.07, 6.45) is 6.18. The van der Waals surface area contributed by atoms with Crippen LogP contribution in [-0.2, 0) is 26.2 Å². The van der Waals surface area contributed by atoms with Crippen LogP contribution in [0.25, 0.3) is 0 Å². The molecule has 0 heterocycles. The number of anilines is 1. The number of methoxy groups -OCH3 is 1. The molecule has 1 aliphatic rings. The second-order valence-electron chi connectivity index (χ2n) is 9.59. The monoisotopic (exact) mass is 549 g/mol. The molecule has 1 atom stereocenters. The highest BCUT2D eigenvalue weighted by atomic mass is 35.5. The highest BCUT2D eigenvalue weighted by Crippen LogP contribution is 2.27. The Kier molecular flexibility index (Phi) is 9.84. The first kappa shape index (κ1) is 28.8. The molecule has 1 fully saturated rings. The average Bonchev–Trinajstić information content (AvgIpc) is 2.87. The predicted molar refractivity (Wildman–Crippen MR) is 146 cm³/mol. The third-order valence-corrected chi connectivity index (χ3v) is 8.11. The van der Waals surface area contributed by atoms with Gasteiger partial charge in [-0.15, -0.1) is 0 Å². The Morgan fingerprint density at radius 3 is 2.35 bits per heavy atom. The predicted octanol–water partition coefficient (Wildman–Crippen LogP) is 4.29. The Balaban J connectivity index is 1.90. The molecule has 8 nitrogen and oxygen atoms in total. The number of nitrogens with zero attached hydrogens (tertiary/aromatic N) is 2. The van der Waals surface area contributed by atoms with Crippen LogP contribution in [0.15, 0.2) is 42.5 Å². The SMILES string of the molecule is COc1ccc(CN(C(=O)CN(c2cc(Cl)ccc2C)S(C)(=O)=O)[C@@H](C)C(=O)NC2CCCCC2)cc1. The van der Waals surface area contributed by atoms with Gasteiger partial charge in [-0.3, -0.25) is 13.9 Å². The van der Waals surface area contributed by atoms with Crippen molar-refractivity contribution in [3.63, 3.8) is 0 Å². The lowest BCUT2D eigenvalue weighted by Gasteiger charge is -2.33. The molecule has 1 aliphatic carbocycles. The van der Waals surface area contributed by atoms with Gasteiger partial charge in [0.2, 0.25) is 21.8 Å². The third-order valence-electron chi connectivity index (χ3n) is 6.75. The standard InChI is InChI=1S/C27H36ClN3O5S/c1-19-10-13-22(28)16-25(19)31(37(4,34)35)18-26(32)30(17-21-11-14-24(36-3)15-12-21)20(2)27(33)29-23-8-6-5-7-9-23/h10-16,20,23H,5-9,17-18H2,1-4H3,(H,29,33)/t20-/m0/s1. The van der Waals surface area contributed by atoms with Gasteiger partial charge < -0.3 is 15.0 Å². The number of sulfonamides is 1. The summed E-state index contributed by atoms with van der Waals surface area (Å²) in [5.41, 5.74) is 1.77. The average molecular weight is 550 g/mol. The molecule has 0 aliphatic heterocycles. The number of ether oxygens (including phenoxy) is 1. The van der Waals surface area contributed by atoms with Crippen LogP contribution in [0.3, 0.4) is 0 Å². The van der Waals surface area contributed by atoms with E-state index in [2.05, 4.69) is 5.32 Å². The van der Waals surface area contributed by atoms with Crippen LogP contribution in [0, 0.1) is 6.92 Å². The molecule has 0 unspecified atom stereocenters. The molecule has 0 radical (unpaired) electrons. The summed E-state index contributed by atoms with van der Waals surface area (Å²) < 4.78 is 31.8. The van der Waals surface area contributed by atoms with E-state index in [0.29, 0.717) is 22.0 Å². The Morgan fingerprint density at radius 1 is 1.11 bits per heavy atom. The van der Waals surface area contributed by atoms with Gasteiger partial charge in [-0.2, -0.15) is 0 Å². The van der Waals surface area contributed by atoms with Gasteiger partial charge in [0.25, 0.3) is 0 Å². The molecule has 2 amide bonds. The molecule has 10 heteroatoms. The summed E-state index contributed by atoms with van der Waals surface area (Å²) in [5.74, 6) is -0.0742. The molecule has 2 aromatic rings. The molecule has 3 rings (SSSR count). The molecule has 2 aromatic carbocycles. The van der Waals surface area contributed by atoms with Crippen molar-refractivity contribution >= 4 is 39.1 Å². The Morgan fingerprint density at radius 2 is 1.76 bits per heavy atom. The molecule has 0 bridgehead atoms. The van der Waals surface area contributed by atoms with Crippen LogP contribution in [0.2, 0.25) is 5.02 Å². The fraction of sp³-hybridized carbons (Fsp3) is 0.481. The largest absolute Gasteiger partial charge is 0.497 e. The molecule has 0 saturated heterocycles. The van der Waals surface area contributed by atoms with Crippen LogP contribution in [-0.4, -0.2) is 57.1 Å². The van der Waals surface area contributed by atoms with Crippen LogP contribution in [0.5, 0.6) is 5.75 Å². The number of rotatable bonds is 10. The molecular weight excluding hydrogens is 514 g/mol. The van der Waals surface area contributed by atoms with Gasteiger partial charge in [0.05, 0.1) is 19.1 Å². The van der Waals surface area contributed by atoms with Crippen molar-refractivity contribution in [2.24, 2.45) is 0 Å². The van der Waals surface area contributed by atoms with E-state index in [1.165, 1.54) is 11.0 Å². The maximum atomic E-state index is 13.7. The first-order valence-corrected chi connectivity index (χ1v) is 14.7. The van der Waals surface area contributed by atoms with Gasteiger partial charge in [0.15, 0.2) is 0 Å². The maximum absolute atomic E-state index is 13.7. The van der Waals surface area contributed by atoms with Crippen molar-refractivity contribution in [3.8, 4) is 5.75 Å². The number of aryl methyl sites for hydroxylation is 1. The topological polar surface area (TPSA) is 96.0 Å². The number of hydrogen-bond acceptors (Lipinski definition) is 5. The third kappa shape index (κ3) is 7.85. The second kappa shape index (κ2) is 12.6. The van der Waals surface area contributed by atoms with Crippen molar-refractivity contribution < 1.29 is 22.7 Å². The van der Waals surface area contributed by atoms with E-state index in [9.17, 15) is 18.0 Å².